The van der Waals surface area contributed by atoms with Crippen LogP contribution in [0.1, 0.15) is 50.7 Å². The Kier molecular flexibility index (Phi) is 5.96. The highest BCUT2D eigenvalue weighted by molar-refractivity contribution is 7.01. The SMILES string of the molecule is CC(C)c1cc(B2c3ccccc3-c3ccccc32)c2ccc3c(C(C)C)cc(B4c5ccccc5-c5ccccc54)c4ccc1c2c43. The molecule has 10 rings (SSSR count). The van der Waals surface area contributed by atoms with Crippen molar-refractivity contribution in [2.45, 2.75) is 39.5 Å². The van der Waals surface area contributed by atoms with Crippen LogP contribution in [-0.2, 0) is 0 Å². The second kappa shape index (κ2) is 10.2. The predicted octanol–water partition coefficient (Wildman–Crippen LogP) is 7.82. The molecule has 0 fully saturated rings. The third kappa shape index (κ3) is 3.69. The molecule has 0 amide bonds. The highest BCUT2D eigenvalue weighted by Gasteiger charge is 2.37. The van der Waals surface area contributed by atoms with Crippen LogP contribution in [0.2, 0.25) is 0 Å². The lowest BCUT2D eigenvalue weighted by molar-refractivity contribution is 0.877. The third-order valence-corrected chi connectivity index (χ3v) is 11.6. The second-order valence-electron chi connectivity index (χ2n) is 14.7. The van der Waals surface area contributed by atoms with Crippen molar-refractivity contribution in [3.63, 3.8) is 0 Å². The average Bonchev–Trinajstić information content (AvgIpc) is 3.63. The van der Waals surface area contributed by atoms with Gasteiger partial charge in [-0.25, -0.2) is 0 Å². The maximum absolute atomic E-state index is 2.56. The molecule has 0 aliphatic carbocycles. The minimum absolute atomic E-state index is 0.206. The smallest absolute Gasteiger partial charge is 0.0664 e. The molecule has 0 aromatic heterocycles. The van der Waals surface area contributed by atoms with Gasteiger partial charge in [0.15, 0.2) is 0 Å². The van der Waals surface area contributed by atoms with Gasteiger partial charge in [-0.05, 0) is 77.5 Å². The van der Waals surface area contributed by atoms with E-state index in [1.165, 1.54) is 98.5 Å². The van der Waals surface area contributed by atoms with E-state index in [0.29, 0.717) is 11.8 Å². The summed E-state index contributed by atoms with van der Waals surface area (Å²) in [7, 11) is 0. The fourth-order valence-corrected chi connectivity index (χ4v) is 9.52. The number of hydrogen-bond donors (Lipinski definition) is 0. The van der Waals surface area contributed by atoms with Crippen molar-refractivity contribution in [1.82, 2.24) is 0 Å². The van der Waals surface area contributed by atoms with Gasteiger partial charge < -0.3 is 0 Å². The summed E-state index contributed by atoms with van der Waals surface area (Å²) in [6.45, 7) is 9.87. The van der Waals surface area contributed by atoms with Crippen molar-refractivity contribution < 1.29 is 0 Å². The molecule has 0 nitrogen and oxygen atoms in total. The Morgan fingerprint density at radius 3 is 0.938 bits per heavy atom. The molecule has 8 aromatic carbocycles. The normalized spacial score (nSPS) is 13.3. The van der Waals surface area contributed by atoms with Crippen LogP contribution in [0.3, 0.4) is 0 Å². The maximum atomic E-state index is 2.56. The van der Waals surface area contributed by atoms with E-state index in [2.05, 4.69) is 161 Å². The molecule has 226 valence electrons. The third-order valence-electron chi connectivity index (χ3n) is 11.6. The van der Waals surface area contributed by atoms with Crippen LogP contribution in [0.25, 0.3) is 54.6 Å². The Hall–Kier alpha value is -5.07. The molecule has 2 heteroatoms. The molecule has 0 radical (unpaired) electrons. The predicted molar refractivity (Wildman–Crippen MR) is 211 cm³/mol. The number of fused-ring (bicyclic) bond motifs is 6. The second-order valence-corrected chi connectivity index (χ2v) is 14.7. The first-order valence-corrected chi connectivity index (χ1v) is 17.7. The number of benzene rings is 8. The summed E-state index contributed by atoms with van der Waals surface area (Å²) >= 11 is 0. The van der Waals surface area contributed by atoms with E-state index in [1.807, 2.05) is 0 Å². The standard InChI is InChI=1S/C46H36B2/c1-27(2)37-25-43(47-39-17-9-5-13-29(39)30-14-6-10-18-40(30)47)35-24-22-34-38(28(3)4)26-44(36-23-21-33(37)45(35)46(34)36)48-41-19-11-7-15-31(41)32-16-8-12-20-42(32)48/h5-28H,1-4H3. The van der Waals surface area contributed by atoms with Crippen LogP contribution in [0.15, 0.2) is 133 Å². The van der Waals surface area contributed by atoms with Gasteiger partial charge in [-0.1, -0.05) is 194 Å². The van der Waals surface area contributed by atoms with Gasteiger partial charge in [0, 0.05) is 0 Å². The van der Waals surface area contributed by atoms with E-state index in [1.54, 1.807) is 0 Å². The Morgan fingerprint density at radius 1 is 0.333 bits per heavy atom. The molecule has 0 spiro atoms. The molecule has 0 saturated carbocycles. The zero-order valence-corrected chi connectivity index (χ0v) is 28.0. The fraction of sp³-hybridized carbons (Fsp3) is 0.130. The van der Waals surface area contributed by atoms with Gasteiger partial charge in [-0.15, -0.1) is 0 Å². The first-order chi connectivity index (χ1) is 23.5. The summed E-state index contributed by atoms with van der Waals surface area (Å²) in [5.74, 6) is 0.802. The van der Waals surface area contributed by atoms with E-state index in [4.69, 9.17) is 0 Å². The lowest BCUT2D eigenvalue weighted by Crippen LogP contribution is -2.49. The van der Waals surface area contributed by atoms with E-state index < -0.39 is 0 Å². The van der Waals surface area contributed by atoms with Crippen molar-refractivity contribution >= 4 is 78.5 Å². The van der Waals surface area contributed by atoms with E-state index in [9.17, 15) is 0 Å². The molecule has 48 heavy (non-hydrogen) atoms. The minimum atomic E-state index is 0.206. The fourth-order valence-electron chi connectivity index (χ4n) is 9.52. The molecule has 2 aliphatic rings. The Morgan fingerprint density at radius 2 is 0.625 bits per heavy atom. The van der Waals surface area contributed by atoms with Crippen molar-refractivity contribution in [1.29, 1.82) is 0 Å². The minimum Gasteiger partial charge on any atom is -0.0664 e. The van der Waals surface area contributed by atoms with Crippen LogP contribution in [-0.4, -0.2) is 13.4 Å². The van der Waals surface area contributed by atoms with Crippen LogP contribution in [0, 0.1) is 0 Å². The van der Waals surface area contributed by atoms with Crippen molar-refractivity contribution in [3.8, 4) is 22.3 Å². The molecule has 0 bridgehead atoms. The van der Waals surface area contributed by atoms with Crippen LogP contribution >= 0.6 is 0 Å². The van der Waals surface area contributed by atoms with Gasteiger partial charge in [0.05, 0.1) is 0 Å². The van der Waals surface area contributed by atoms with Gasteiger partial charge in [0.25, 0.3) is 0 Å². The quantitative estimate of drug-likeness (QED) is 0.141. The Balaban J connectivity index is 1.35. The zero-order valence-electron chi connectivity index (χ0n) is 28.0. The van der Waals surface area contributed by atoms with Crippen LogP contribution in [0.4, 0.5) is 0 Å². The highest BCUT2D eigenvalue weighted by Crippen LogP contribution is 2.40. The van der Waals surface area contributed by atoms with E-state index in [-0.39, 0.29) is 13.4 Å². The van der Waals surface area contributed by atoms with Gasteiger partial charge in [0.2, 0.25) is 13.4 Å². The largest absolute Gasteiger partial charge is 0.243 e. The molecular formula is C46H36B2. The van der Waals surface area contributed by atoms with Crippen molar-refractivity contribution in [3.05, 3.63) is 145 Å². The summed E-state index contributed by atoms with van der Waals surface area (Å²) in [5, 5.41) is 8.47. The molecule has 0 saturated heterocycles. The summed E-state index contributed by atoms with van der Waals surface area (Å²) in [6.07, 6.45) is 0. The highest BCUT2D eigenvalue weighted by atomic mass is 14.3. The Labute approximate surface area is 284 Å². The van der Waals surface area contributed by atoms with Crippen LogP contribution in [0.5, 0.6) is 0 Å². The number of hydrogen-bond acceptors (Lipinski definition) is 0. The van der Waals surface area contributed by atoms with Gasteiger partial charge in [0.1, 0.15) is 0 Å². The lowest BCUT2D eigenvalue weighted by atomic mass is 9.37. The average molecular weight is 610 g/mol. The van der Waals surface area contributed by atoms with Crippen LogP contribution < -0.4 is 32.8 Å². The van der Waals surface area contributed by atoms with E-state index >= 15 is 0 Å². The molecule has 0 atom stereocenters. The lowest BCUT2D eigenvalue weighted by Gasteiger charge is -2.25. The van der Waals surface area contributed by atoms with E-state index in [0.717, 1.165) is 0 Å². The summed E-state index contributed by atoms with van der Waals surface area (Å²) in [4.78, 5) is 0. The molecular weight excluding hydrogens is 574 g/mol. The Bertz CT molecular complexity index is 2320. The molecule has 0 N–H and O–H groups in total. The molecule has 2 heterocycles. The first kappa shape index (κ1) is 28.0. The van der Waals surface area contributed by atoms with Crippen molar-refractivity contribution in [2.24, 2.45) is 0 Å². The van der Waals surface area contributed by atoms with Gasteiger partial charge >= 0.3 is 0 Å². The molecule has 0 unspecified atom stereocenters. The summed E-state index contributed by atoms with van der Waals surface area (Å²) < 4.78 is 0. The summed E-state index contributed by atoms with van der Waals surface area (Å²) in [5.41, 5.74) is 16.9. The zero-order chi connectivity index (χ0) is 32.3. The monoisotopic (exact) mass is 610 g/mol. The maximum Gasteiger partial charge on any atom is 0.243 e. The summed E-state index contributed by atoms with van der Waals surface area (Å²) in [6, 6.07) is 51.2. The van der Waals surface area contributed by atoms with Crippen molar-refractivity contribution in [2.75, 3.05) is 0 Å². The van der Waals surface area contributed by atoms with Gasteiger partial charge in [-0.2, -0.15) is 0 Å². The van der Waals surface area contributed by atoms with Gasteiger partial charge in [-0.3, -0.25) is 0 Å². The first-order valence-electron chi connectivity index (χ1n) is 17.7. The topological polar surface area (TPSA) is 0 Å². The molecule has 2 aliphatic heterocycles. The molecule has 8 aromatic rings. The number of rotatable bonds is 4.